The van der Waals surface area contributed by atoms with Gasteiger partial charge in [0.15, 0.2) is 0 Å². The van der Waals surface area contributed by atoms with Crippen LogP contribution in [0.25, 0.3) is 0 Å². The van der Waals surface area contributed by atoms with E-state index in [1.807, 2.05) is 0 Å². The number of rotatable bonds is 6. The third kappa shape index (κ3) is 9.73. The van der Waals surface area contributed by atoms with Gasteiger partial charge in [0.1, 0.15) is 0 Å². The second-order valence-corrected chi connectivity index (χ2v) is 8.36. The molecule has 0 aromatic heterocycles. The normalized spacial score (nSPS) is 10.4. The SMILES string of the molecule is O=C([O-])c1ccc(S(=O)(=O)O)cc1C(=O)[O-].O=C([O-])c1ccc(S(=O)(=O)O)cc1C(=O)[O-].[Ca+2].[Ca+2]. The Morgan fingerprint density at radius 3 is 0.941 bits per heavy atom. The van der Waals surface area contributed by atoms with Crippen LogP contribution in [0.4, 0.5) is 0 Å². The average Bonchev–Trinajstić information content (AvgIpc) is 2.65. The van der Waals surface area contributed by atoms with Gasteiger partial charge in [0, 0.05) is 22.3 Å². The third-order valence-electron chi connectivity index (χ3n) is 3.46. The summed E-state index contributed by atoms with van der Waals surface area (Å²) in [4.78, 5) is 40.5. The second-order valence-electron chi connectivity index (χ2n) is 5.51. The van der Waals surface area contributed by atoms with Crippen molar-refractivity contribution in [2.24, 2.45) is 0 Å². The van der Waals surface area contributed by atoms with E-state index in [1.165, 1.54) is 0 Å². The number of benzene rings is 2. The minimum atomic E-state index is -4.61. The number of hydrogen-bond acceptors (Lipinski definition) is 12. The fourth-order valence-corrected chi connectivity index (χ4v) is 3.07. The Labute approximate surface area is 250 Å². The van der Waals surface area contributed by atoms with Crippen LogP contribution in [0.1, 0.15) is 41.4 Å². The molecule has 0 aliphatic rings. The molecule has 172 valence electrons. The molecule has 18 heteroatoms. The molecule has 0 saturated heterocycles. The zero-order chi connectivity index (χ0) is 25.0. The molecule has 0 spiro atoms. The summed E-state index contributed by atoms with van der Waals surface area (Å²) in [6, 6.07) is 3.85. The summed E-state index contributed by atoms with van der Waals surface area (Å²) in [6.45, 7) is 0. The van der Waals surface area contributed by atoms with Crippen molar-refractivity contribution in [2.45, 2.75) is 9.79 Å². The molecular formula is C16H8Ca2O14S2. The molecule has 0 saturated carbocycles. The fourth-order valence-electron chi connectivity index (χ4n) is 2.06. The van der Waals surface area contributed by atoms with Gasteiger partial charge < -0.3 is 39.6 Å². The number of carboxylic acids is 4. The predicted molar refractivity (Wildman–Crippen MR) is 101 cm³/mol. The minimum absolute atomic E-state index is 0. The molecule has 0 bridgehead atoms. The number of carbonyl (C=O) groups is 4. The fraction of sp³-hybridized carbons (Fsp3) is 0. The van der Waals surface area contributed by atoms with Crippen molar-refractivity contribution in [3.05, 3.63) is 58.7 Å². The van der Waals surface area contributed by atoms with Crippen LogP contribution in [-0.2, 0) is 20.2 Å². The molecule has 0 fully saturated rings. The van der Waals surface area contributed by atoms with Gasteiger partial charge in [0.25, 0.3) is 20.2 Å². The predicted octanol–water partition coefficient (Wildman–Crippen LogP) is -5.44. The molecule has 0 amide bonds. The van der Waals surface area contributed by atoms with Crippen molar-refractivity contribution >= 4 is 120 Å². The van der Waals surface area contributed by atoms with Crippen molar-refractivity contribution in [3.8, 4) is 0 Å². The maximum atomic E-state index is 10.7. The van der Waals surface area contributed by atoms with Gasteiger partial charge in [-0.3, -0.25) is 9.11 Å². The largest absolute Gasteiger partial charge is 2.00 e. The molecule has 14 nitrogen and oxygen atoms in total. The Balaban J connectivity index is 0. The van der Waals surface area contributed by atoms with Crippen molar-refractivity contribution in [1.29, 1.82) is 0 Å². The summed E-state index contributed by atoms with van der Waals surface area (Å²) in [6.07, 6.45) is 0. The van der Waals surface area contributed by atoms with Gasteiger partial charge in [-0.15, -0.1) is 0 Å². The van der Waals surface area contributed by atoms with Gasteiger partial charge in [-0.25, -0.2) is 0 Å². The number of carbonyl (C=O) groups excluding carboxylic acids is 4. The minimum Gasteiger partial charge on any atom is -0.545 e. The first-order chi connectivity index (χ1) is 14.5. The van der Waals surface area contributed by atoms with Gasteiger partial charge in [-0.1, -0.05) is 12.1 Å². The van der Waals surface area contributed by atoms with E-state index in [9.17, 15) is 56.4 Å². The molecule has 2 aromatic rings. The van der Waals surface area contributed by atoms with Gasteiger partial charge >= 0.3 is 75.5 Å². The van der Waals surface area contributed by atoms with Crippen LogP contribution >= 0.6 is 0 Å². The Hall–Kier alpha value is -1.34. The van der Waals surface area contributed by atoms with E-state index >= 15 is 0 Å². The van der Waals surface area contributed by atoms with Crippen LogP contribution in [0.5, 0.6) is 0 Å². The summed E-state index contributed by atoms with van der Waals surface area (Å²) in [5, 5.41) is 42.0. The Morgan fingerprint density at radius 1 is 0.529 bits per heavy atom. The molecule has 0 heterocycles. The smallest absolute Gasteiger partial charge is 0.545 e. The van der Waals surface area contributed by atoms with E-state index in [2.05, 4.69) is 0 Å². The zero-order valence-corrected chi connectivity index (χ0v) is 22.5. The van der Waals surface area contributed by atoms with Gasteiger partial charge in [0.2, 0.25) is 0 Å². The summed E-state index contributed by atoms with van der Waals surface area (Å²) >= 11 is 0. The maximum absolute atomic E-state index is 10.7. The zero-order valence-electron chi connectivity index (χ0n) is 16.5. The first kappa shape index (κ1) is 34.8. The molecule has 2 aromatic carbocycles. The molecule has 2 rings (SSSR count). The molecule has 0 aliphatic carbocycles. The van der Waals surface area contributed by atoms with Crippen LogP contribution in [0.3, 0.4) is 0 Å². The third-order valence-corrected chi connectivity index (χ3v) is 5.16. The van der Waals surface area contributed by atoms with Crippen LogP contribution in [0.15, 0.2) is 46.2 Å². The summed E-state index contributed by atoms with van der Waals surface area (Å²) in [5.74, 6) is -7.35. The van der Waals surface area contributed by atoms with E-state index < -0.39 is 76.2 Å². The van der Waals surface area contributed by atoms with Crippen molar-refractivity contribution in [2.75, 3.05) is 0 Å². The molecule has 34 heavy (non-hydrogen) atoms. The second kappa shape index (κ2) is 13.7. The number of aromatic carboxylic acids is 4. The first-order valence-corrected chi connectivity index (χ1v) is 10.4. The van der Waals surface area contributed by atoms with Gasteiger partial charge in [0.05, 0.1) is 33.7 Å². The molecular weight excluding hydrogens is 560 g/mol. The Morgan fingerprint density at radius 2 is 0.765 bits per heavy atom. The van der Waals surface area contributed by atoms with Gasteiger partial charge in [-0.05, 0) is 24.3 Å². The standard InChI is InChI=1S/2C8H6O7S.2Ca/c2*9-7(10)5-2-1-4(16(13,14)15)3-6(5)8(11)12;;/h2*1-3H,(H,9,10)(H,11,12)(H,13,14,15);;/q;;2*+2/p-4. The summed E-state index contributed by atoms with van der Waals surface area (Å²) in [7, 11) is -9.21. The molecule has 2 N–H and O–H groups in total. The van der Waals surface area contributed by atoms with Gasteiger partial charge in [-0.2, -0.15) is 16.8 Å². The maximum Gasteiger partial charge on any atom is 2.00 e. The first-order valence-electron chi connectivity index (χ1n) is 7.55. The van der Waals surface area contributed by atoms with Crippen molar-refractivity contribution in [3.63, 3.8) is 0 Å². The Kier molecular flexibility index (Phi) is 14.0. The molecule has 0 aliphatic heterocycles. The number of hydrogen-bond donors (Lipinski definition) is 2. The van der Waals surface area contributed by atoms with Crippen LogP contribution < -0.4 is 20.4 Å². The van der Waals surface area contributed by atoms with Crippen LogP contribution in [0.2, 0.25) is 0 Å². The molecule has 0 radical (unpaired) electrons. The average molecular weight is 569 g/mol. The summed E-state index contributed by atoms with van der Waals surface area (Å²) < 4.78 is 59.9. The van der Waals surface area contributed by atoms with Crippen LogP contribution in [-0.4, -0.2) is 125 Å². The van der Waals surface area contributed by atoms with E-state index in [-0.39, 0.29) is 75.5 Å². The van der Waals surface area contributed by atoms with E-state index in [4.69, 9.17) is 9.11 Å². The molecule has 0 atom stereocenters. The Bertz CT molecular complexity index is 1230. The monoisotopic (exact) mass is 568 g/mol. The van der Waals surface area contributed by atoms with E-state index in [0.29, 0.717) is 24.3 Å². The van der Waals surface area contributed by atoms with Crippen LogP contribution in [0, 0.1) is 0 Å². The number of carboxylic acid groups (broad SMARTS) is 4. The van der Waals surface area contributed by atoms with Crippen molar-refractivity contribution < 1.29 is 65.5 Å². The van der Waals surface area contributed by atoms with E-state index in [0.717, 1.165) is 12.1 Å². The summed E-state index contributed by atoms with van der Waals surface area (Å²) in [5.41, 5.74) is -3.22. The topological polar surface area (TPSA) is 269 Å². The van der Waals surface area contributed by atoms with E-state index in [1.54, 1.807) is 0 Å². The quantitative estimate of drug-likeness (QED) is 0.243. The van der Waals surface area contributed by atoms with Crippen molar-refractivity contribution in [1.82, 2.24) is 0 Å². The molecule has 0 unspecified atom stereocenters.